The smallest absolute Gasteiger partial charge is 0.322 e. The standard InChI is InChI=1S/C19H25N3O3/c1-13-18(14(2)25-21-13)20-19(24)22(16-9-4-3-5-10-16)12-15-8-6-7-11-17(15)23/h6-8,11,16,23H,3-5,9-10,12H2,1-2H3,(H,20,24). The molecule has 2 N–H and O–H groups in total. The van der Waals surface area contributed by atoms with E-state index in [0.29, 0.717) is 23.7 Å². The third-order valence-corrected chi connectivity index (χ3v) is 4.87. The molecule has 0 spiro atoms. The number of rotatable bonds is 4. The Kier molecular flexibility index (Phi) is 5.26. The van der Waals surface area contributed by atoms with Crippen molar-refractivity contribution in [2.75, 3.05) is 5.32 Å². The lowest BCUT2D eigenvalue weighted by Crippen LogP contribution is -2.43. The summed E-state index contributed by atoms with van der Waals surface area (Å²) in [4.78, 5) is 14.8. The SMILES string of the molecule is Cc1noc(C)c1NC(=O)N(Cc1ccccc1O)C1CCCCC1. The maximum absolute atomic E-state index is 13.0. The highest BCUT2D eigenvalue weighted by Crippen LogP contribution is 2.28. The van der Waals surface area contributed by atoms with E-state index in [2.05, 4.69) is 10.5 Å². The lowest BCUT2D eigenvalue weighted by molar-refractivity contribution is 0.162. The van der Waals surface area contributed by atoms with Gasteiger partial charge in [0, 0.05) is 11.6 Å². The van der Waals surface area contributed by atoms with E-state index in [0.717, 1.165) is 31.2 Å². The average molecular weight is 343 g/mol. The van der Waals surface area contributed by atoms with Gasteiger partial charge in [-0.1, -0.05) is 42.6 Å². The van der Waals surface area contributed by atoms with E-state index in [4.69, 9.17) is 4.52 Å². The number of carbonyl (C=O) groups is 1. The van der Waals surface area contributed by atoms with E-state index in [1.807, 2.05) is 17.0 Å². The van der Waals surface area contributed by atoms with E-state index < -0.39 is 0 Å². The number of phenolic OH excluding ortho intramolecular Hbond substituents is 1. The molecule has 1 aromatic carbocycles. The first-order chi connectivity index (χ1) is 12.1. The Morgan fingerprint density at radius 1 is 1.28 bits per heavy atom. The maximum atomic E-state index is 13.0. The Hall–Kier alpha value is -2.50. The van der Waals surface area contributed by atoms with Gasteiger partial charge >= 0.3 is 6.03 Å². The van der Waals surface area contributed by atoms with Crippen LogP contribution in [-0.2, 0) is 6.54 Å². The fraction of sp³-hybridized carbons (Fsp3) is 0.474. The fourth-order valence-electron chi connectivity index (χ4n) is 3.43. The number of hydrogen-bond donors (Lipinski definition) is 2. The predicted octanol–water partition coefficient (Wildman–Crippen LogP) is 4.36. The zero-order chi connectivity index (χ0) is 17.8. The number of aromatic hydroxyl groups is 1. The minimum absolute atomic E-state index is 0.175. The van der Waals surface area contributed by atoms with Crippen molar-refractivity contribution in [3.05, 3.63) is 41.3 Å². The molecule has 0 radical (unpaired) electrons. The van der Waals surface area contributed by atoms with E-state index in [-0.39, 0.29) is 17.8 Å². The summed E-state index contributed by atoms with van der Waals surface area (Å²) in [5.74, 6) is 0.811. The van der Waals surface area contributed by atoms with Crippen molar-refractivity contribution in [2.45, 2.75) is 58.5 Å². The lowest BCUT2D eigenvalue weighted by Gasteiger charge is -2.34. The van der Waals surface area contributed by atoms with Crippen molar-refractivity contribution >= 4 is 11.7 Å². The summed E-state index contributed by atoms with van der Waals surface area (Å²) in [6.45, 7) is 3.97. The Bertz CT molecular complexity index is 716. The van der Waals surface area contributed by atoms with Crippen molar-refractivity contribution in [3.63, 3.8) is 0 Å². The molecule has 1 fully saturated rings. The maximum Gasteiger partial charge on any atom is 0.322 e. The van der Waals surface area contributed by atoms with Gasteiger partial charge in [0.2, 0.25) is 0 Å². The van der Waals surface area contributed by atoms with Gasteiger partial charge < -0.3 is 19.8 Å². The predicted molar refractivity (Wildman–Crippen MR) is 95.5 cm³/mol. The second kappa shape index (κ2) is 7.59. The van der Waals surface area contributed by atoms with Crippen LogP contribution < -0.4 is 5.32 Å². The molecule has 0 aliphatic heterocycles. The van der Waals surface area contributed by atoms with Crippen LogP contribution in [0.5, 0.6) is 5.75 Å². The first-order valence-corrected chi connectivity index (χ1v) is 8.83. The summed E-state index contributed by atoms with van der Waals surface area (Å²) < 4.78 is 5.14. The molecule has 2 aromatic rings. The zero-order valence-electron chi connectivity index (χ0n) is 14.8. The first kappa shape index (κ1) is 17.3. The number of amides is 2. The summed E-state index contributed by atoms with van der Waals surface area (Å²) >= 11 is 0. The number of urea groups is 1. The molecule has 1 aliphatic carbocycles. The van der Waals surface area contributed by atoms with Crippen LogP contribution >= 0.6 is 0 Å². The van der Waals surface area contributed by atoms with Crippen LogP contribution in [0.25, 0.3) is 0 Å². The summed E-state index contributed by atoms with van der Waals surface area (Å²) in [6.07, 6.45) is 5.44. The van der Waals surface area contributed by atoms with Gasteiger partial charge in [-0.2, -0.15) is 0 Å². The molecule has 2 amide bonds. The Morgan fingerprint density at radius 2 is 2.00 bits per heavy atom. The van der Waals surface area contributed by atoms with Crippen molar-refractivity contribution in [3.8, 4) is 5.75 Å². The number of nitrogens with one attached hydrogen (secondary N) is 1. The van der Waals surface area contributed by atoms with Gasteiger partial charge in [-0.05, 0) is 32.8 Å². The van der Waals surface area contributed by atoms with Gasteiger partial charge in [0.1, 0.15) is 17.1 Å². The highest BCUT2D eigenvalue weighted by Gasteiger charge is 2.27. The van der Waals surface area contributed by atoms with Crippen molar-refractivity contribution < 1.29 is 14.4 Å². The molecule has 0 unspecified atom stereocenters. The average Bonchev–Trinajstić information content (AvgIpc) is 2.93. The topological polar surface area (TPSA) is 78.6 Å². The van der Waals surface area contributed by atoms with Gasteiger partial charge in [-0.3, -0.25) is 0 Å². The van der Waals surface area contributed by atoms with Gasteiger partial charge in [0.15, 0.2) is 5.76 Å². The Morgan fingerprint density at radius 3 is 2.64 bits per heavy atom. The summed E-state index contributed by atoms with van der Waals surface area (Å²) in [5.41, 5.74) is 2.04. The Labute approximate surface area is 147 Å². The largest absolute Gasteiger partial charge is 0.508 e. The first-order valence-electron chi connectivity index (χ1n) is 8.83. The molecular weight excluding hydrogens is 318 g/mol. The van der Waals surface area contributed by atoms with Gasteiger partial charge in [-0.15, -0.1) is 0 Å². The van der Waals surface area contributed by atoms with E-state index >= 15 is 0 Å². The van der Waals surface area contributed by atoms with E-state index in [1.54, 1.807) is 26.0 Å². The van der Waals surface area contributed by atoms with Crippen LogP contribution in [0.1, 0.15) is 49.1 Å². The van der Waals surface area contributed by atoms with E-state index in [1.165, 1.54) is 6.42 Å². The number of anilines is 1. The van der Waals surface area contributed by atoms with Crippen LogP contribution in [-0.4, -0.2) is 27.2 Å². The molecule has 1 aliphatic rings. The normalized spacial score (nSPS) is 15.1. The number of aromatic nitrogens is 1. The molecule has 25 heavy (non-hydrogen) atoms. The molecule has 1 aromatic heterocycles. The van der Waals surface area contributed by atoms with Crippen LogP contribution in [0, 0.1) is 13.8 Å². The number of carbonyl (C=O) groups excluding carboxylic acids is 1. The number of aryl methyl sites for hydroxylation is 2. The second-order valence-electron chi connectivity index (χ2n) is 6.68. The molecule has 134 valence electrons. The number of benzene rings is 1. The van der Waals surface area contributed by atoms with Crippen molar-refractivity contribution in [1.29, 1.82) is 0 Å². The van der Waals surface area contributed by atoms with Gasteiger partial charge in [-0.25, -0.2) is 4.79 Å². The summed E-state index contributed by atoms with van der Waals surface area (Å²) in [5, 5.41) is 16.9. The van der Waals surface area contributed by atoms with Crippen LogP contribution in [0.4, 0.5) is 10.5 Å². The molecule has 0 saturated heterocycles. The monoisotopic (exact) mass is 343 g/mol. The van der Waals surface area contributed by atoms with Crippen LogP contribution in [0.15, 0.2) is 28.8 Å². The van der Waals surface area contributed by atoms with Crippen molar-refractivity contribution in [2.24, 2.45) is 0 Å². The second-order valence-corrected chi connectivity index (χ2v) is 6.68. The molecule has 6 heteroatoms. The summed E-state index contributed by atoms with van der Waals surface area (Å²) in [6, 6.07) is 7.17. The van der Waals surface area contributed by atoms with Crippen LogP contribution in [0.3, 0.4) is 0 Å². The van der Waals surface area contributed by atoms with Gasteiger partial charge in [0.05, 0.1) is 6.54 Å². The van der Waals surface area contributed by atoms with Crippen LogP contribution in [0.2, 0.25) is 0 Å². The van der Waals surface area contributed by atoms with Gasteiger partial charge in [0.25, 0.3) is 0 Å². The minimum atomic E-state index is -0.176. The number of hydrogen-bond acceptors (Lipinski definition) is 4. The highest BCUT2D eigenvalue weighted by atomic mass is 16.5. The highest BCUT2D eigenvalue weighted by molar-refractivity contribution is 5.90. The zero-order valence-corrected chi connectivity index (χ0v) is 14.8. The minimum Gasteiger partial charge on any atom is -0.508 e. The third kappa shape index (κ3) is 3.95. The fourth-order valence-corrected chi connectivity index (χ4v) is 3.43. The molecule has 0 bridgehead atoms. The molecule has 1 heterocycles. The number of nitrogens with zero attached hydrogens (tertiary/aromatic N) is 2. The summed E-state index contributed by atoms with van der Waals surface area (Å²) in [7, 11) is 0. The third-order valence-electron chi connectivity index (χ3n) is 4.87. The lowest BCUT2D eigenvalue weighted by atomic mass is 9.94. The number of para-hydroxylation sites is 1. The molecule has 1 saturated carbocycles. The number of phenols is 1. The molecular formula is C19H25N3O3. The quantitative estimate of drug-likeness (QED) is 0.864. The molecule has 0 atom stereocenters. The van der Waals surface area contributed by atoms with E-state index in [9.17, 15) is 9.90 Å². The van der Waals surface area contributed by atoms with Crippen molar-refractivity contribution in [1.82, 2.24) is 10.1 Å². The molecule has 6 nitrogen and oxygen atoms in total. The Balaban J connectivity index is 1.82. The molecule has 3 rings (SSSR count).